The molecule has 0 saturated carbocycles. The molecular formula is C18H31N3O4. The van der Waals surface area contributed by atoms with Crippen molar-refractivity contribution in [3.05, 3.63) is 24.9 Å². The predicted molar refractivity (Wildman–Crippen MR) is 97.4 cm³/mol. The summed E-state index contributed by atoms with van der Waals surface area (Å²) in [4.78, 5) is 38.8. The number of likely N-dealkylation sites (N-methyl/N-ethyl adjacent to an activating group) is 2. The Morgan fingerprint density at radius 3 is 2.28 bits per heavy atom. The zero-order chi connectivity index (χ0) is 19.8. The number of amides is 3. The van der Waals surface area contributed by atoms with Gasteiger partial charge in [0.1, 0.15) is 11.7 Å². The van der Waals surface area contributed by atoms with Crippen molar-refractivity contribution in [3.63, 3.8) is 0 Å². The number of nitrogens with zero attached hydrogens (tertiary/aromatic N) is 2. The molecule has 2 N–H and O–H groups in total. The fourth-order valence-corrected chi connectivity index (χ4v) is 2.26. The van der Waals surface area contributed by atoms with Crippen molar-refractivity contribution in [3.8, 4) is 0 Å². The Morgan fingerprint density at radius 2 is 1.84 bits per heavy atom. The molecule has 0 unspecified atom stereocenters. The van der Waals surface area contributed by atoms with Gasteiger partial charge < -0.3 is 20.3 Å². The molecule has 3 amide bonds. The van der Waals surface area contributed by atoms with Crippen molar-refractivity contribution in [2.45, 2.75) is 51.7 Å². The highest BCUT2D eigenvalue weighted by Crippen LogP contribution is 2.21. The van der Waals surface area contributed by atoms with Gasteiger partial charge in [0, 0.05) is 26.9 Å². The molecule has 0 aromatic rings. The molecule has 0 aliphatic carbocycles. The van der Waals surface area contributed by atoms with Crippen LogP contribution in [0, 0.1) is 0 Å². The number of carbonyl (C=O) groups excluding carboxylic acids is 3. The molecule has 0 saturated heterocycles. The topological polar surface area (TPSA) is 92.9 Å². The van der Waals surface area contributed by atoms with Crippen LogP contribution in [0.3, 0.4) is 0 Å². The van der Waals surface area contributed by atoms with Crippen molar-refractivity contribution in [2.75, 3.05) is 20.7 Å². The van der Waals surface area contributed by atoms with Gasteiger partial charge >= 0.3 is 0 Å². The van der Waals surface area contributed by atoms with Gasteiger partial charge in [0.05, 0.1) is 12.2 Å². The predicted octanol–water partition coefficient (Wildman–Crippen LogP) is 1.44. The second-order valence-corrected chi connectivity index (χ2v) is 6.55. The van der Waals surface area contributed by atoms with E-state index >= 15 is 0 Å². The zero-order valence-corrected chi connectivity index (χ0v) is 16.0. The normalized spacial score (nSPS) is 12.2. The molecule has 0 aliphatic heterocycles. The molecule has 0 radical (unpaired) electrons. The highest BCUT2D eigenvalue weighted by atomic mass is 16.5. The molecule has 0 aromatic heterocycles. The molecule has 25 heavy (non-hydrogen) atoms. The second-order valence-electron chi connectivity index (χ2n) is 6.55. The van der Waals surface area contributed by atoms with Gasteiger partial charge in [0.2, 0.25) is 11.8 Å². The van der Waals surface area contributed by atoms with Crippen LogP contribution in [0.15, 0.2) is 24.9 Å². The molecule has 142 valence electrons. The van der Waals surface area contributed by atoms with Gasteiger partial charge in [-0.25, -0.2) is 0 Å². The molecule has 0 rings (SSSR count). The van der Waals surface area contributed by atoms with Gasteiger partial charge in [-0.2, -0.15) is 0 Å². The number of rotatable bonds is 11. The van der Waals surface area contributed by atoms with Crippen molar-refractivity contribution >= 4 is 17.7 Å². The van der Waals surface area contributed by atoms with E-state index < -0.39 is 23.5 Å². The van der Waals surface area contributed by atoms with Gasteiger partial charge in [-0.1, -0.05) is 19.6 Å². The Labute approximate surface area is 150 Å². The Bertz CT molecular complexity index is 528. The molecular weight excluding hydrogens is 322 g/mol. The van der Waals surface area contributed by atoms with Crippen LogP contribution in [0.2, 0.25) is 0 Å². The summed E-state index contributed by atoms with van der Waals surface area (Å²) in [6.45, 7) is 13.1. The van der Waals surface area contributed by atoms with Crippen LogP contribution in [-0.2, 0) is 19.1 Å². The summed E-state index contributed by atoms with van der Waals surface area (Å²) < 4.78 is 5.62. The molecule has 0 aliphatic rings. The average molecular weight is 353 g/mol. The highest BCUT2D eigenvalue weighted by Gasteiger charge is 2.34. The summed E-state index contributed by atoms with van der Waals surface area (Å²) in [5.41, 5.74) is 4.79. The van der Waals surface area contributed by atoms with Crippen molar-refractivity contribution in [1.82, 2.24) is 9.80 Å². The SMILES string of the molecule is C=CCOC(C)(C)C[C@@H](C(N)=O)N(C)C(=O)C(=C)N(C)C(=O)CCC. The zero-order valence-electron chi connectivity index (χ0n) is 16.0. The summed E-state index contributed by atoms with van der Waals surface area (Å²) in [7, 11) is 2.95. The van der Waals surface area contributed by atoms with Crippen LogP contribution >= 0.6 is 0 Å². The fraction of sp³-hybridized carbons (Fsp3) is 0.611. The Hall–Kier alpha value is -2.15. The number of hydrogen-bond acceptors (Lipinski definition) is 4. The lowest BCUT2D eigenvalue weighted by Gasteiger charge is -2.34. The number of hydrogen-bond donors (Lipinski definition) is 1. The van der Waals surface area contributed by atoms with Gasteiger partial charge in [0.25, 0.3) is 5.91 Å². The first kappa shape index (κ1) is 22.9. The lowest BCUT2D eigenvalue weighted by Crippen LogP contribution is -2.51. The maximum absolute atomic E-state index is 12.6. The number of primary amides is 1. The number of carbonyl (C=O) groups is 3. The molecule has 0 heterocycles. The van der Waals surface area contributed by atoms with Gasteiger partial charge in [0.15, 0.2) is 0 Å². The van der Waals surface area contributed by atoms with E-state index in [1.54, 1.807) is 19.9 Å². The van der Waals surface area contributed by atoms with E-state index in [4.69, 9.17) is 10.5 Å². The van der Waals surface area contributed by atoms with Crippen molar-refractivity contribution < 1.29 is 19.1 Å². The van der Waals surface area contributed by atoms with Crippen molar-refractivity contribution in [2.24, 2.45) is 5.73 Å². The molecule has 7 nitrogen and oxygen atoms in total. The van der Waals surface area contributed by atoms with Crippen LogP contribution < -0.4 is 5.73 Å². The van der Waals surface area contributed by atoms with Crippen molar-refractivity contribution in [1.29, 1.82) is 0 Å². The summed E-state index contributed by atoms with van der Waals surface area (Å²) >= 11 is 0. The summed E-state index contributed by atoms with van der Waals surface area (Å²) in [6.07, 6.45) is 2.79. The molecule has 0 aromatic carbocycles. The van der Waals surface area contributed by atoms with E-state index in [-0.39, 0.29) is 18.0 Å². The van der Waals surface area contributed by atoms with E-state index in [2.05, 4.69) is 13.2 Å². The van der Waals surface area contributed by atoms with Crippen LogP contribution in [0.4, 0.5) is 0 Å². The van der Waals surface area contributed by atoms with E-state index in [0.717, 1.165) is 0 Å². The van der Waals surface area contributed by atoms with E-state index in [9.17, 15) is 14.4 Å². The first-order valence-corrected chi connectivity index (χ1v) is 8.25. The molecule has 0 fully saturated rings. The Balaban J connectivity index is 5.20. The fourth-order valence-electron chi connectivity index (χ4n) is 2.26. The third kappa shape index (κ3) is 7.09. The van der Waals surface area contributed by atoms with Gasteiger partial charge in [-0.15, -0.1) is 6.58 Å². The minimum Gasteiger partial charge on any atom is -0.371 e. The standard InChI is InChI=1S/C18H31N3O4/c1-8-10-15(22)20(6)13(3)17(24)21(7)14(16(19)23)12-18(4,5)25-11-9-2/h9,14H,2-3,8,10-12H2,1,4-7H3,(H2,19,23)/t14-/m0/s1. The van der Waals surface area contributed by atoms with Gasteiger partial charge in [-0.3, -0.25) is 14.4 Å². The van der Waals surface area contributed by atoms with Crippen LogP contribution in [-0.4, -0.2) is 59.9 Å². The average Bonchev–Trinajstić information content (AvgIpc) is 2.55. The first-order chi connectivity index (χ1) is 11.5. The van der Waals surface area contributed by atoms with E-state index in [1.807, 2.05) is 6.92 Å². The summed E-state index contributed by atoms with van der Waals surface area (Å²) in [5, 5.41) is 0. The second kappa shape index (κ2) is 9.98. The highest BCUT2D eigenvalue weighted by molar-refractivity contribution is 5.98. The Kier molecular flexibility index (Phi) is 9.12. The molecule has 1 atom stereocenters. The smallest absolute Gasteiger partial charge is 0.270 e. The maximum Gasteiger partial charge on any atom is 0.270 e. The number of ether oxygens (including phenoxy) is 1. The largest absolute Gasteiger partial charge is 0.371 e. The third-order valence-corrected chi connectivity index (χ3v) is 3.88. The molecule has 7 heteroatoms. The number of nitrogens with two attached hydrogens (primary N) is 1. The molecule has 0 spiro atoms. The minimum absolute atomic E-state index is 0.00276. The molecule has 0 bridgehead atoms. The lowest BCUT2D eigenvalue weighted by molar-refractivity contribution is -0.140. The minimum atomic E-state index is -0.890. The van der Waals surface area contributed by atoms with Crippen LogP contribution in [0.5, 0.6) is 0 Å². The third-order valence-electron chi connectivity index (χ3n) is 3.88. The lowest BCUT2D eigenvalue weighted by atomic mass is 9.97. The van der Waals surface area contributed by atoms with Crippen LogP contribution in [0.25, 0.3) is 0 Å². The van der Waals surface area contributed by atoms with E-state index in [1.165, 1.54) is 23.9 Å². The van der Waals surface area contributed by atoms with Gasteiger partial charge in [-0.05, 0) is 20.3 Å². The Morgan fingerprint density at radius 1 is 1.28 bits per heavy atom. The van der Waals surface area contributed by atoms with E-state index in [0.29, 0.717) is 19.4 Å². The summed E-state index contributed by atoms with van der Waals surface area (Å²) in [6, 6.07) is -0.890. The monoisotopic (exact) mass is 353 g/mol. The van der Waals surface area contributed by atoms with Crippen LogP contribution in [0.1, 0.15) is 40.0 Å². The summed E-state index contributed by atoms with van der Waals surface area (Å²) in [5.74, 6) is -1.39. The first-order valence-electron chi connectivity index (χ1n) is 8.25. The quantitative estimate of drug-likeness (QED) is 0.449. The maximum atomic E-state index is 12.6.